The van der Waals surface area contributed by atoms with Crippen molar-refractivity contribution in [1.82, 2.24) is 9.84 Å². The molecule has 0 bridgehead atoms. The molecule has 0 unspecified atom stereocenters. The van der Waals surface area contributed by atoms with Crippen LogP contribution in [-0.2, 0) is 0 Å². The normalized spacial score (nSPS) is 18.4. The maximum Gasteiger partial charge on any atom is 0.418 e. The number of nitrogens with zero attached hydrogens (tertiary/aromatic N) is 4. The van der Waals surface area contributed by atoms with Gasteiger partial charge in [0.2, 0.25) is 0 Å². The van der Waals surface area contributed by atoms with Gasteiger partial charge in [0.25, 0.3) is 0 Å². The van der Waals surface area contributed by atoms with Crippen LogP contribution in [0, 0.1) is 0 Å². The molecule has 0 spiro atoms. The minimum atomic E-state index is 0.0200. The molecule has 0 aromatic carbocycles. The Morgan fingerprint density at radius 3 is 1.71 bits per heavy atom. The van der Waals surface area contributed by atoms with Gasteiger partial charge in [0.15, 0.2) is 0 Å². The molecule has 0 saturated heterocycles. The van der Waals surface area contributed by atoms with Crippen LogP contribution in [0.3, 0.4) is 0 Å². The van der Waals surface area contributed by atoms with Gasteiger partial charge >= 0.3 is 6.98 Å². The first-order chi connectivity index (χ1) is 6.14. The molecule has 1 aliphatic rings. The molecular formula is C9H21BN4. The molecule has 1 aliphatic heterocycles. The van der Waals surface area contributed by atoms with Gasteiger partial charge in [-0.3, -0.25) is 9.84 Å². The summed E-state index contributed by atoms with van der Waals surface area (Å²) in [5.74, 6) is 0. The van der Waals surface area contributed by atoms with E-state index in [1.54, 1.807) is 0 Å². The van der Waals surface area contributed by atoms with Crippen LogP contribution in [0.5, 0.6) is 0 Å². The van der Waals surface area contributed by atoms with E-state index in [9.17, 15) is 0 Å². The molecule has 14 heavy (non-hydrogen) atoms. The van der Waals surface area contributed by atoms with E-state index in [0.29, 0.717) is 0 Å². The van der Waals surface area contributed by atoms with Gasteiger partial charge in [-0.05, 0) is 26.1 Å². The molecule has 0 radical (unpaired) electrons. The summed E-state index contributed by atoms with van der Waals surface area (Å²) in [5.41, 5.74) is 0.0200. The Hall–Kier alpha value is -0.735. The fourth-order valence-corrected chi connectivity index (χ4v) is 1.79. The summed E-state index contributed by atoms with van der Waals surface area (Å²) < 4.78 is 0. The van der Waals surface area contributed by atoms with Gasteiger partial charge in [0, 0.05) is 12.6 Å². The summed E-state index contributed by atoms with van der Waals surface area (Å²) in [6.07, 6.45) is 0. The summed E-state index contributed by atoms with van der Waals surface area (Å²) in [5, 5.41) is 8.48. The second kappa shape index (κ2) is 3.14. The lowest BCUT2D eigenvalue weighted by Gasteiger charge is -2.39. The van der Waals surface area contributed by atoms with Gasteiger partial charge in [0.1, 0.15) is 0 Å². The lowest BCUT2D eigenvalue weighted by atomic mass is 9.51. The van der Waals surface area contributed by atoms with Crippen LogP contribution in [0.15, 0.2) is 10.4 Å². The van der Waals surface area contributed by atoms with E-state index in [0.717, 1.165) is 0 Å². The van der Waals surface area contributed by atoms with Crippen LogP contribution < -0.4 is 0 Å². The third-order valence-electron chi connectivity index (χ3n) is 2.32. The molecule has 5 heteroatoms. The molecule has 1 heterocycles. The molecule has 0 N–H and O–H groups in total. The van der Waals surface area contributed by atoms with Gasteiger partial charge in [-0.2, -0.15) is 0 Å². The van der Waals surface area contributed by atoms with Crippen molar-refractivity contribution in [3.63, 3.8) is 0 Å². The minimum Gasteiger partial charge on any atom is -0.298 e. The van der Waals surface area contributed by atoms with Gasteiger partial charge in [0.05, 0.1) is 0 Å². The van der Waals surface area contributed by atoms with Crippen molar-refractivity contribution in [3.05, 3.63) is 0 Å². The highest BCUT2D eigenvalue weighted by atomic mass is 15.7. The number of hydrogen-bond donors (Lipinski definition) is 0. The maximum atomic E-state index is 4.22. The highest BCUT2D eigenvalue weighted by molar-refractivity contribution is 6.56. The first-order valence-electron chi connectivity index (χ1n) is 5.08. The lowest BCUT2D eigenvalue weighted by molar-refractivity contribution is 0.245. The lowest BCUT2D eigenvalue weighted by Crippen LogP contribution is -2.55. The fraction of sp³-hybridized carbons (Fsp3) is 1.00. The smallest absolute Gasteiger partial charge is 0.298 e. The molecule has 0 aromatic heterocycles. The van der Waals surface area contributed by atoms with E-state index in [2.05, 4.69) is 56.9 Å². The molecule has 0 aromatic rings. The highest BCUT2D eigenvalue weighted by Crippen LogP contribution is 2.37. The van der Waals surface area contributed by atoms with Crippen LogP contribution in [0.2, 0.25) is 5.31 Å². The standard InChI is InChI=1S/C9H21BN4/c1-8(2,3)10-13(7)11-12-14(10)9(4,5)6/h1-7H3. The maximum absolute atomic E-state index is 4.22. The van der Waals surface area contributed by atoms with Crippen LogP contribution in [0.1, 0.15) is 41.5 Å². The Balaban J connectivity index is 2.93. The second-order valence-corrected chi connectivity index (χ2v) is 6.01. The minimum absolute atomic E-state index is 0.0200. The number of rotatable bonds is 0. The van der Waals surface area contributed by atoms with Crippen molar-refractivity contribution in [3.8, 4) is 0 Å². The fourth-order valence-electron chi connectivity index (χ4n) is 1.79. The van der Waals surface area contributed by atoms with Crippen molar-refractivity contribution < 1.29 is 0 Å². The van der Waals surface area contributed by atoms with Crippen molar-refractivity contribution in [2.75, 3.05) is 7.05 Å². The van der Waals surface area contributed by atoms with Crippen molar-refractivity contribution >= 4 is 6.98 Å². The number of hydrogen-bond acceptors (Lipinski definition) is 4. The third kappa shape index (κ3) is 2.02. The summed E-state index contributed by atoms with van der Waals surface area (Å²) >= 11 is 0. The molecule has 0 saturated carbocycles. The Kier molecular flexibility index (Phi) is 2.54. The van der Waals surface area contributed by atoms with Crippen LogP contribution >= 0.6 is 0 Å². The zero-order valence-electron chi connectivity index (χ0n) is 10.4. The Labute approximate surface area is 87.4 Å². The summed E-state index contributed by atoms with van der Waals surface area (Å²) in [4.78, 5) is 4.01. The summed E-state index contributed by atoms with van der Waals surface area (Å²) in [7, 11) is 1.98. The third-order valence-corrected chi connectivity index (χ3v) is 2.32. The second-order valence-electron chi connectivity index (χ2n) is 6.01. The highest BCUT2D eigenvalue weighted by Gasteiger charge is 2.47. The zero-order valence-corrected chi connectivity index (χ0v) is 10.4. The Morgan fingerprint density at radius 1 is 0.929 bits per heavy atom. The first kappa shape index (κ1) is 11.3. The van der Waals surface area contributed by atoms with E-state index >= 15 is 0 Å². The molecular weight excluding hydrogens is 175 g/mol. The van der Waals surface area contributed by atoms with Crippen LogP contribution in [-0.4, -0.2) is 29.4 Å². The predicted octanol–water partition coefficient (Wildman–Crippen LogP) is 2.60. The molecule has 4 nitrogen and oxygen atoms in total. The van der Waals surface area contributed by atoms with Gasteiger partial charge in [-0.1, -0.05) is 31.2 Å². The van der Waals surface area contributed by atoms with E-state index in [1.807, 2.05) is 12.0 Å². The van der Waals surface area contributed by atoms with Gasteiger partial charge in [-0.25, -0.2) is 0 Å². The molecule has 1 rings (SSSR count). The molecule has 80 valence electrons. The van der Waals surface area contributed by atoms with Crippen molar-refractivity contribution in [1.29, 1.82) is 0 Å². The average Bonchev–Trinajstić information content (AvgIpc) is 2.27. The van der Waals surface area contributed by atoms with Crippen molar-refractivity contribution in [2.24, 2.45) is 10.4 Å². The Morgan fingerprint density at radius 2 is 1.43 bits per heavy atom. The first-order valence-corrected chi connectivity index (χ1v) is 5.08. The van der Waals surface area contributed by atoms with Crippen molar-refractivity contribution in [2.45, 2.75) is 52.4 Å². The zero-order chi connectivity index (χ0) is 11.1. The monoisotopic (exact) mass is 196 g/mol. The molecule has 0 amide bonds. The molecule has 0 aliphatic carbocycles. The van der Waals surface area contributed by atoms with Gasteiger partial charge < -0.3 is 0 Å². The van der Waals surface area contributed by atoms with Gasteiger partial charge in [-0.15, -0.1) is 0 Å². The average molecular weight is 196 g/mol. The summed E-state index contributed by atoms with van der Waals surface area (Å²) in [6.45, 7) is 13.3. The van der Waals surface area contributed by atoms with Crippen LogP contribution in [0.4, 0.5) is 0 Å². The quantitative estimate of drug-likeness (QED) is 0.557. The molecule has 0 atom stereocenters. The Bertz CT molecular complexity index is 238. The topological polar surface area (TPSA) is 31.2 Å². The van der Waals surface area contributed by atoms with Crippen LogP contribution in [0.25, 0.3) is 0 Å². The summed E-state index contributed by atoms with van der Waals surface area (Å²) in [6, 6.07) is 0. The van der Waals surface area contributed by atoms with E-state index in [1.165, 1.54) is 0 Å². The molecule has 0 fully saturated rings. The van der Waals surface area contributed by atoms with E-state index < -0.39 is 0 Å². The largest absolute Gasteiger partial charge is 0.418 e. The predicted molar refractivity (Wildman–Crippen MR) is 59.7 cm³/mol. The van der Waals surface area contributed by atoms with E-state index in [4.69, 9.17) is 0 Å². The SMILES string of the molecule is CN1N=NN(C(C)(C)C)B1C(C)(C)C. The van der Waals surface area contributed by atoms with E-state index in [-0.39, 0.29) is 17.8 Å².